The lowest BCUT2D eigenvalue weighted by Gasteiger charge is -2.39. The predicted octanol–water partition coefficient (Wildman–Crippen LogP) is 3.55. The quantitative estimate of drug-likeness (QED) is 0.888. The van der Waals surface area contributed by atoms with E-state index in [0.717, 1.165) is 12.8 Å². The maximum absolute atomic E-state index is 13.9. The minimum absolute atomic E-state index is 0.228. The van der Waals surface area contributed by atoms with Crippen LogP contribution < -0.4 is 11.1 Å². The molecule has 0 saturated heterocycles. The SMILES string of the molecule is CC1CC(Nc2cc(C(N)=O)ccc2F)CC(C)(C)C1. The third kappa shape index (κ3) is 3.50. The molecule has 0 spiro atoms. The van der Waals surface area contributed by atoms with Crippen molar-refractivity contribution in [2.24, 2.45) is 17.1 Å². The molecule has 1 aromatic carbocycles. The molecule has 2 atom stereocenters. The molecular formula is C16H23FN2O. The lowest BCUT2D eigenvalue weighted by atomic mass is 9.70. The highest BCUT2D eigenvalue weighted by molar-refractivity contribution is 5.93. The Hall–Kier alpha value is -1.58. The van der Waals surface area contributed by atoms with Crippen molar-refractivity contribution in [3.8, 4) is 0 Å². The van der Waals surface area contributed by atoms with E-state index in [1.54, 1.807) is 0 Å². The van der Waals surface area contributed by atoms with Crippen LogP contribution in [0.25, 0.3) is 0 Å². The Morgan fingerprint density at radius 1 is 1.40 bits per heavy atom. The fourth-order valence-electron chi connectivity index (χ4n) is 3.47. The van der Waals surface area contributed by atoms with Gasteiger partial charge in [-0.15, -0.1) is 0 Å². The second kappa shape index (κ2) is 5.43. The van der Waals surface area contributed by atoms with Crippen LogP contribution in [-0.4, -0.2) is 11.9 Å². The molecule has 2 unspecified atom stereocenters. The van der Waals surface area contributed by atoms with Gasteiger partial charge in [-0.2, -0.15) is 0 Å². The van der Waals surface area contributed by atoms with E-state index < -0.39 is 5.91 Å². The number of hydrogen-bond acceptors (Lipinski definition) is 2. The molecule has 1 fully saturated rings. The van der Waals surface area contributed by atoms with Crippen LogP contribution in [0.3, 0.4) is 0 Å². The van der Waals surface area contributed by atoms with Gasteiger partial charge in [0, 0.05) is 11.6 Å². The summed E-state index contributed by atoms with van der Waals surface area (Å²) in [5.41, 5.74) is 6.20. The van der Waals surface area contributed by atoms with E-state index in [1.165, 1.54) is 24.6 Å². The summed E-state index contributed by atoms with van der Waals surface area (Å²) in [6.07, 6.45) is 3.20. The number of rotatable bonds is 3. The predicted molar refractivity (Wildman–Crippen MR) is 79.1 cm³/mol. The van der Waals surface area contributed by atoms with Gasteiger partial charge in [0.05, 0.1) is 5.69 Å². The summed E-state index contributed by atoms with van der Waals surface area (Å²) in [5.74, 6) is -0.268. The van der Waals surface area contributed by atoms with Gasteiger partial charge in [0.25, 0.3) is 0 Å². The smallest absolute Gasteiger partial charge is 0.248 e. The highest BCUT2D eigenvalue weighted by Gasteiger charge is 2.32. The molecule has 0 aromatic heterocycles. The molecule has 1 aromatic rings. The van der Waals surface area contributed by atoms with Crippen molar-refractivity contribution < 1.29 is 9.18 Å². The van der Waals surface area contributed by atoms with Crippen molar-refractivity contribution in [1.29, 1.82) is 0 Å². The number of primary amides is 1. The monoisotopic (exact) mass is 278 g/mol. The van der Waals surface area contributed by atoms with Crippen LogP contribution in [0.5, 0.6) is 0 Å². The third-order valence-corrected chi connectivity index (χ3v) is 4.00. The van der Waals surface area contributed by atoms with Crippen LogP contribution in [0.2, 0.25) is 0 Å². The highest BCUT2D eigenvalue weighted by atomic mass is 19.1. The van der Waals surface area contributed by atoms with Gasteiger partial charge in [-0.3, -0.25) is 4.79 Å². The number of halogens is 1. The molecule has 1 aliphatic rings. The third-order valence-electron chi connectivity index (χ3n) is 4.00. The van der Waals surface area contributed by atoms with E-state index in [2.05, 4.69) is 26.1 Å². The molecular weight excluding hydrogens is 255 g/mol. The van der Waals surface area contributed by atoms with Crippen molar-refractivity contribution in [2.45, 2.75) is 46.1 Å². The Morgan fingerprint density at radius 2 is 2.10 bits per heavy atom. The van der Waals surface area contributed by atoms with Crippen LogP contribution >= 0.6 is 0 Å². The summed E-state index contributed by atoms with van der Waals surface area (Å²) >= 11 is 0. The summed E-state index contributed by atoms with van der Waals surface area (Å²) in [5, 5.41) is 3.25. The van der Waals surface area contributed by atoms with Crippen LogP contribution in [0.4, 0.5) is 10.1 Å². The molecule has 20 heavy (non-hydrogen) atoms. The molecule has 2 rings (SSSR count). The van der Waals surface area contributed by atoms with Crippen LogP contribution in [0.1, 0.15) is 50.4 Å². The zero-order chi connectivity index (χ0) is 14.9. The molecule has 110 valence electrons. The van der Waals surface area contributed by atoms with Crippen molar-refractivity contribution in [1.82, 2.24) is 0 Å². The van der Waals surface area contributed by atoms with E-state index in [0.29, 0.717) is 17.2 Å². The Balaban J connectivity index is 2.17. The number of nitrogens with one attached hydrogen (secondary N) is 1. The number of anilines is 1. The summed E-state index contributed by atoms with van der Waals surface area (Å²) in [6, 6.07) is 4.44. The molecule has 0 heterocycles. The van der Waals surface area contributed by atoms with Gasteiger partial charge in [0.15, 0.2) is 0 Å². The second-order valence-electron chi connectivity index (χ2n) is 6.81. The fraction of sp³-hybridized carbons (Fsp3) is 0.562. The van der Waals surface area contributed by atoms with Gasteiger partial charge in [-0.1, -0.05) is 20.8 Å². The zero-order valence-electron chi connectivity index (χ0n) is 12.4. The maximum Gasteiger partial charge on any atom is 0.248 e. The van der Waals surface area contributed by atoms with E-state index in [-0.39, 0.29) is 17.3 Å². The minimum Gasteiger partial charge on any atom is -0.380 e. The Labute approximate surface area is 119 Å². The van der Waals surface area contributed by atoms with Crippen LogP contribution in [0, 0.1) is 17.2 Å². The van der Waals surface area contributed by atoms with E-state index >= 15 is 0 Å². The summed E-state index contributed by atoms with van der Waals surface area (Å²) < 4.78 is 13.9. The van der Waals surface area contributed by atoms with Gasteiger partial charge in [0.2, 0.25) is 5.91 Å². The van der Waals surface area contributed by atoms with Crippen molar-refractivity contribution in [3.63, 3.8) is 0 Å². The molecule has 3 nitrogen and oxygen atoms in total. The molecule has 4 heteroatoms. The van der Waals surface area contributed by atoms with Gasteiger partial charge in [-0.25, -0.2) is 4.39 Å². The first-order valence-electron chi connectivity index (χ1n) is 7.13. The van der Waals surface area contributed by atoms with Gasteiger partial charge < -0.3 is 11.1 Å². The van der Waals surface area contributed by atoms with E-state index in [4.69, 9.17) is 5.73 Å². The lowest BCUT2D eigenvalue weighted by Crippen LogP contribution is -2.35. The average Bonchev–Trinajstić information content (AvgIpc) is 2.28. The Bertz CT molecular complexity index is 513. The molecule has 3 N–H and O–H groups in total. The first-order valence-corrected chi connectivity index (χ1v) is 7.13. The van der Waals surface area contributed by atoms with E-state index in [9.17, 15) is 9.18 Å². The number of carbonyl (C=O) groups excluding carboxylic acids is 1. The molecule has 0 radical (unpaired) electrons. The first-order chi connectivity index (χ1) is 9.27. The number of hydrogen-bond donors (Lipinski definition) is 2. The number of benzene rings is 1. The van der Waals surface area contributed by atoms with Crippen LogP contribution in [0.15, 0.2) is 18.2 Å². The second-order valence-corrected chi connectivity index (χ2v) is 6.81. The zero-order valence-corrected chi connectivity index (χ0v) is 12.4. The average molecular weight is 278 g/mol. The Kier molecular flexibility index (Phi) is 4.02. The first kappa shape index (κ1) is 14.8. The van der Waals surface area contributed by atoms with Gasteiger partial charge in [-0.05, 0) is 48.8 Å². The lowest BCUT2D eigenvalue weighted by molar-refractivity contribution is 0.1000. The summed E-state index contributed by atoms with van der Waals surface area (Å²) in [6.45, 7) is 6.72. The maximum atomic E-state index is 13.9. The van der Waals surface area contributed by atoms with E-state index in [1.807, 2.05) is 0 Å². The number of nitrogens with two attached hydrogens (primary N) is 1. The highest BCUT2D eigenvalue weighted by Crippen LogP contribution is 2.39. The van der Waals surface area contributed by atoms with Crippen LogP contribution in [-0.2, 0) is 0 Å². The molecule has 1 aliphatic carbocycles. The summed E-state index contributed by atoms with van der Waals surface area (Å²) in [4.78, 5) is 11.2. The topological polar surface area (TPSA) is 55.1 Å². The minimum atomic E-state index is -0.537. The van der Waals surface area contributed by atoms with Gasteiger partial charge >= 0.3 is 0 Å². The summed E-state index contributed by atoms with van der Waals surface area (Å²) in [7, 11) is 0. The standard InChI is InChI=1S/C16H23FN2O/c1-10-6-12(9-16(2,3)8-10)19-14-7-11(15(18)20)4-5-13(14)17/h4-5,7,10,12,19H,6,8-9H2,1-3H3,(H2,18,20). The van der Waals surface area contributed by atoms with Crippen molar-refractivity contribution in [3.05, 3.63) is 29.6 Å². The van der Waals surface area contributed by atoms with Crippen molar-refractivity contribution >= 4 is 11.6 Å². The van der Waals surface area contributed by atoms with Gasteiger partial charge in [0.1, 0.15) is 5.82 Å². The van der Waals surface area contributed by atoms with Crippen molar-refractivity contribution in [2.75, 3.05) is 5.32 Å². The number of amides is 1. The molecule has 1 amide bonds. The largest absolute Gasteiger partial charge is 0.380 e. The number of carbonyl (C=O) groups is 1. The fourth-order valence-corrected chi connectivity index (χ4v) is 3.47. The normalized spacial score (nSPS) is 25.2. The Morgan fingerprint density at radius 3 is 2.70 bits per heavy atom. The molecule has 0 aliphatic heterocycles. The molecule has 1 saturated carbocycles. The molecule has 0 bridgehead atoms.